The monoisotopic (exact) mass is 556 g/mol. The van der Waals surface area contributed by atoms with Gasteiger partial charge in [-0.15, -0.1) is 0 Å². The zero-order valence-corrected chi connectivity index (χ0v) is 21.3. The van der Waals surface area contributed by atoms with Crippen LogP contribution in [0.25, 0.3) is 11.1 Å². The molecule has 4 aromatic rings. The van der Waals surface area contributed by atoms with Crippen LogP contribution in [0.4, 0.5) is 30.7 Å². The quantitative estimate of drug-likeness (QED) is 0.0910. The molecule has 0 aliphatic rings. The van der Waals surface area contributed by atoms with Crippen LogP contribution in [0.5, 0.6) is 5.75 Å². The van der Waals surface area contributed by atoms with E-state index in [1.165, 1.54) is 18.4 Å². The van der Waals surface area contributed by atoms with E-state index in [1.54, 1.807) is 12.1 Å². The van der Waals surface area contributed by atoms with Gasteiger partial charge in [0.15, 0.2) is 17.5 Å². The molecule has 0 heterocycles. The fraction of sp³-hybridized carbons (Fsp3) is 0.188. The Morgan fingerprint density at radius 1 is 0.650 bits per heavy atom. The van der Waals surface area contributed by atoms with Gasteiger partial charge in [0.25, 0.3) is 0 Å². The molecule has 0 aliphatic heterocycles. The smallest absolute Gasteiger partial charge is 0.429 e. The SMILES string of the molecule is CCCCCc1ccc(-c2ccc(C#Cc3cc(F)c(C(F)(F)Oc4cc(F)c(F)c(F)c4)c(F)c3)cc2)cc1. The first-order chi connectivity index (χ1) is 19.1. The molecular formula is C32H23F7O. The normalized spacial score (nSPS) is 11.2. The largest absolute Gasteiger partial charge is 0.432 e. The molecule has 0 saturated heterocycles. The Bertz CT molecular complexity index is 1500. The van der Waals surface area contributed by atoms with Crippen molar-refractivity contribution < 1.29 is 35.5 Å². The number of benzene rings is 4. The number of unbranched alkanes of at least 4 members (excludes halogenated alkanes) is 2. The molecule has 206 valence electrons. The third-order valence-electron chi connectivity index (χ3n) is 6.13. The van der Waals surface area contributed by atoms with Gasteiger partial charge < -0.3 is 4.74 Å². The highest BCUT2D eigenvalue weighted by Gasteiger charge is 2.41. The third kappa shape index (κ3) is 6.84. The molecule has 0 radical (unpaired) electrons. The maximum Gasteiger partial charge on any atom is 0.432 e. The lowest BCUT2D eigenvalue weighted by molar-refractivity contribution is -0.189. The number of hydrogen-bond donors (Lipinski definition) is 0. The summed E-state index contributed by atoms with van der Waals surface area (Å²) in [5.74, 6) is -4.80. The summed E-state index contributed by atoms with van der Waals surface area (Å²) in [4.78, 5) is 0. The van der Waals surface area contributed by atoms with Crippen molar-refractivity contribution in [1.82, 2.24) is 0 Å². The van der Waals surface area contributed by atoms with Gasteiger partial charge in [0.2, 0.25) is 0 Å². The Morgan fingerprint density at radius 2 is 1.18 bits per heavy atom. The van der Waals surface area contributed by atoms with Crippen molar-refractivity contribution in [3.63, 3.8) is 0 Å². The van der Waals surface area contributed by atoms with E-state index in [0.717, 1.165) is 24.0 Å². The van der Waals surface area contributed by atoms with E-state index in [1.807, 2.05) is 24.3 Å². The standard InChI is InChI=1S/C32H23F7O/c1-2-3-4-5-20-8-12-23(13-9-20)24-14-10-21(11-15-24)6-7-22-16-26(33)30(27(34)17-22)32(38,39)40-25-18-28(35)31(37)29(36)19-25/h8-19H,2-5H2,1H3. The second-order valence-electron chi connectivity index (χ2n) is 9.12. The summed E-state index contributed by atoms with van der Waals surface area (Å²) in [6.45, 7) is 2.16. The molecule has 4 aromatic carbocycles. The lowest BCUT2D eigenvalue weighted by Crippen LogP contribution is -2.25. The van der Waals surface area contributed by atoms with Crippen LogP contribution in [-0.2, 0) is 12.5 Å². The molecule has 40 heavy (non-hydrogen) atoms. The van der Waals surface area contributed by atoms with Gasteiger partial charge in [-0.3, -0.25) is 0 Å². The lowest BCUT2D eigenvalue weighted by Gasteiger charge is -2.19. The highest BCUT2D eigenvalue weighted by atomic mass is 19.3. The fourth-order valence-electron chi connectivity index (χ4n) is 4.05. The maximum atomic E-state index is 14.5. The average molecular weight is 557 g/mol. The van der Waals surface area contributed by atoms with Crippen molar-refractivity contribution in [3.05, 3.63) is 124 Å². The Hall–Kier alpha value is -4.25. The van der Waals surface area contributed by atoms with E-state index in [-0.39, 0.29) is 17.7 Å². The van der Waals surface area contributed by atoms with Crippen LogP contribution < -0.4 is 4.74 Å². The topological polar surface area (TPSA) is 9.23 Å². The van der Waals surface area contributed by atoms with Crippen LogP contribution in [0.15, 0.2) is 72.8 Å². The van der Waals surface area contributed by atoms with Gasteiger partial charge >= 0.3 is 6.11 Å². The van der Waals surface area contributed by atoms with Crippen LogP contribution in [0.1, 0.15) is 48.4 Å². The van der Waals surface area contributed by atoms with Crippen LogP contribution in [0.2, 0.25) is 0 Å². The number of alkyl halides is 2. The van der Waals surface area contributed by atoms with Gasteiger partial charge in [0.05, 0.1) is 0 Å². The predicted molar refractivity (Wildman–Crippen MR) is 138 cm³/mol. The summed E-state index contributed by atoms with van der Waals surface area (Å²) in [7, 11) is 0. The average Bonchev–Trinajstić information content (AvgIpc) is 2.90. The van der Waals surface area contributed by atoms with Crippen LogP contribution in [-0.4, -0.2) is 0 Å². The van der Waals surface area contributed by atoms with Crippen LogP contribution >= 0.6 is 0 Å². The highest BCUT2D eigenvalue weighted by Crippen LogP contribution is 2.36. The molecule has 0 amide bonds. The van der Waals surface area contributed by atoms with Crippen LogP contribution in [0, 0.1) is 40.9 Å². The van der Waals surface area contributed by atoms with E-state index in [2.05, 4.69) is 35.6 Å². The first-order valence-corrected chi connectivity index (χ1v) is 12.5. The number of aryl methyl sites for hydroxylation is 1. The minimum Gasteiger partial charge on any atom is -0.429 e. The van der Waals surface area contributed by atoms with Gasteiger partial charge in [-0.25, -0.2) is 22.0 Å². The summed E-state index contributed by atoms with van der Waals surface area (Å²) in [6.07, 6.45) is -0.131. The number of hydrogen-bond acceptors (Lipinski definition) is 1. The molecule has 1 nitrogen and oxygen atoms in total. The van der Waals surface area contributed by atoms with Gasteiger partial charge in [0.1, 0.15) is 22.9 Å². The molecule has 0 atom stereocenters. The summed E-state index contributed by atoms with van der Waals surface area (Å²) in [5, 5.41) is 0. The molecule has 0 aromatic heterocycles. The number of ether oxygens (including phenoxy) is 1. The lowest BCUT2D eigenvalue weighted by atomic mass is 10.0. The summed E-state index contributed by atoms with van der Waals surface area (Å²) >= 11 is 0. The number of rotatable bonds is 8. The fourth-order valence-corrected chi connectivity index (χ4v) is 4.05. The predicted octanol–water partition coefficient (Wildman–Crippen LogP) is 9.31. The van der Waals surface area contributed by atoms with Crippen molar-refractivity contribution in [2.24, 2.45) is 0 Å². The molecular weight excluding hydrogens is 533 g/mol. The Labute approximate surface area is 227 Å². The van der Waals surface area contributed by atoms with Gasteiger partial charge in [0, 0.05) is 23.3 Å². The zero-order valence-electron chi connectivity index (χ0n) is 21.3. The molecule has 0 spiro atoms. The Kier molecular flexibility index (Phi) is 8.83. The van der Waals surface area contributed by atoms with Crippen LogP contribution in [0.3, 0.4) is 0 Å². The van der Waals surface area contributed by atoms with Crippen molar-refractivity contribution in [2.45, 2.75) is 38.7 Å². The molecule has 0 saturated carbocycles. The summed E-state index contributed by atoms with van der Waals surface area (Å²) in [6, 6.07) is 16.9. The minimum absolute atomic E-state index is 0.136. The first kappa shape index (κ1) is 28.8. The van der Waals surface area contributed by atoms with E-state index in [9.17, 15) is 30.7 Å². The molecule has 8 heteroatoms. The molecule has 4 rings (SSSR count). The zero-order chi connectivity index (χ0) is 28.9. The van der Waals surface area contributed by atoms with Crippen molar-refractivity contribution in [3.8, 4) is 28.7 Å². The molecule has 0 N–H and O–H groups in total. The maximum absolute atomic E-state index is 14.5. The van der Waals surface area contributed by atoms with Crippen molar-refractivity contribution in [2.75, 3.05) is 0 Å². The van der Waals surface area contributed by atoms with E-state index < -0.39 is 46.5 Å². The first-order valence-electron chi connectivity index (χ1n) is 12.5. The second-order valence-corrected chi connectivity index (χ2v) is 9.12. The Morgan fingerprint density at radius 3 is 1.73 bits per heavy atom. The Balaban J connectivity index is 1.48. The number of halogens is 7. The molecule has 0 bridgehead atoms. The van der Waals surface area contributed by atoms with E-state index in [4.69, 9.17) is 0 Å². The molecule has 0 aliphatic carbocycles. The summed E-state index contributed by atoms with van der Waals surface area (Å²) in [5.41, 5.74) is 1.76. The third-order valence-corrected chi connectivity index (χ3v) is 6.13. The van der Waals surface area contributed by atoms with Gasteiger partial charge in [-0.1, -0.05) is 68.0 Å². The molecule has 0 fully saturated rings. The second kappa shape index (κ2) is 12.3. The highest BCUT2D eigenvalue weighted by molar-refractivity contribution is 5.64. The molecule has 0 unspecified atom stereocenters. The van der Waals surface area contributed by atoms with E-state index in [0.29, 0.717) is 17.7 Å². The van der Waals surface area contributed by atoms with Gasteiger partial charge in [-0.05, 0) is 53.8 Å². The summed E-state index contributed by atoms with van der Waals surface area (Å²) < 4.78 is 102. The van der Waals surface area contributed by atoms with Gasteiger partial charge in [-0.2, -0.15) is 8.78 Å². The van der Waals surface area contributed by atoms with Crippen molar-refractivity contribution in [1.29, 1.82) is 0 Å². The minimum atomic E-state index is -4.67. The van der Waals surface area contributed by atoms with E-state index >= 15 is 0 Å². The van der Waals surface area contributed by atoms with Crippen molar-refractivity contribution >= 4 is 0 Å².